The van der Waals surface area contributed by atoms with Gasteiger partial charge in [0.15, 0.2) is 0 Å². The molecule has 3 heterocycles. The number of fused-ring (bicyclic) bond motifs is 1. The van der Waals surface area contributed by atoms with Crippen LogP contribution in [0.5, 0.6) is 0 Å². The summed E-state index contributed by atoms with van der Waals surface area (Å²) in [5, 5.41) is 7.16. The maximum Gasteiger partial charge on any atom is 0.0721 e. The van der Waals surface area contributed by atoms with Crippen molar-refractivity contribution in [3.63, 3.8) is 0 Å². The summed E-state index contributed by atoms with van der Waals surface area (Å²) < 4.78 is 0. The van der Waals surface area contributed by atoms with Crippen molar-refractivity contribution in [2.45, 2.75) is 18.9 Å². The fourth-order valence-electron chi connectivity index (χ4n) is 4.52. The van der Waals surface area contributed by atoms with Crippen molar-refractivity contribution in [2.24, 2.45) is 0 Å². The highest BCUT2D eigenvalue weighted by Crippen LogP contribution is 2.38. The Labute approximate surface area is 161 Å². The van der Waals surface area contributed by atoms with E-state index >= 15 is 0 Å². The van der Waals surface area contributed by atoms with Crippen LogP contribution in [0.3, 0.4) is 0 Å². The maximum absolute atomic E-state index is 3.74. The number of para-hydroxylation sites is 1. The van der Waals surface area contributed by atoms with E-state index < -0.39 is 0 Å². The maximum atomic E-state index is 3.74. The Morgan fingerprint density at radius 3 is 2.30 bits per heavy atom. The molecule has 2 aromatic rings. The molecule has 4 heteroatoms. The zero-order valence-corrected chi connectivity index (χ0v) is 15.8. The summed E-state index contributed by atoms with van der Waals surface area (Å²) in [4.78, 5) is 5.02. The molecule has 0 aliphatic carbocycles. The summed E-state index contributed by atoms with van der Waals surface area (Å²) >= 11 is 0. The van der Waals surface area contributed by atoms with E-state index in [4.69, 9.17) is 0 Å². The topological polar surface area (TPSA) is 30.5 Å². The number of hydrogen-bond donors (Lipinski definition) is 2. The van der Waals surface area contributed by atoms with Crippen LogP contribution in [0.4, 0.5) is 11.4 Å². The van der Waals surface area contributed by atoms with Crippen molar-refractivity contribution in [1.29, 1.82) is 0 Å². The zero-order valence-electron chi connectivity index (χ0n) is 15.8. The molecule has 27 heavy (non-hydrogen) atoms. The molecule has 3 aliphatic rings. The minimum Gasteiger partial charge on any atom is -0.374 e. The Balaban J connectivity index is 1.43. The van der Waals surface area contributed by atoms with Gasteiger partial charge in [0, 0.05) is 61.9 Å². The lowest BCUT2D eigenvalue weighted by molar-refractivity contribution is 0.490. The number of hydrogen-bond acceptors (Lipinski definition) is 4. The lowest BCUT2D eigenvalue weighted by Gasteiger charge is -2.32. The molecule has 0 saturated carbocycles. The van der Waals surface area contributed by atoms with Crippen molar-refractivity contribution in [1.82, 2.24) is 10.2 Å². The van der Waals surface area contributed by atoms with E-state index in [0.29, 0.717) is 0 Å². The molecule has 0 amide bonds. The molecule has 140 valence electrons. The molecule has 1 atom stereocenters. The lowest BCUT2D eigenvalue weighted by Crippen LogP contribution is -2.43. The number of nitrogens with zero attached hydrogens (tertiary/aromatic N) is 2. The third kappa shape index (κ3) is 3.30. The smallest absolute Gasteiger partial charge is 0.0721 e. The fraction of sp³-hybridized carbons (Fsp3) is 0.391. The van der Waals surface area contributed by atoms with Crippen molar-refractivity contribution >= 4 is 17.1 Å². The summed E-state index contributed by atoms with van der Waals surface area (Å²) in [6, 6.07) is 18.1. The van der Waals surface area contributed by atoms with E-state index in [2.05, 4.69) is 75.0 Å². The summed E-state index contributed by atoms with van der Waals surface area (Å²) in [5.74, 6) is 0. The summed E-state index contributed by atoms with van der Waals surface area (Å²) in [7, 11) is 0. The predicted octanol–water partition coefficient (Wildman–Crippen LogP) is 3.70. The second-order valence-corrected chi connectivity index (χ2v) is 7.74. The fourth-order valence-corrected chi connectivity index (χ4v) is 4.52. The minimum atomic E-state index is 0.229. The second-order valence-electron chi connectivity index (χ2n) is 7.74. The van der Waals surface area contributed by atoms with Crippen LogP contribution < -0.4 is 15.5 Å². The third-order valence-corrected chi connectivity index (χ3v) is 6.02. The zero-order chi connectivity index (χ0) is 18.1. The van der Waals surface area contributed by atoms with Crippen LogP contribution in [0.15, 0.2) is 54.6 Å². The normalized spacial score (nSPS) is 22.2. The standard InChI is InChI=1S/C23H28N4/c1-2-6-21-20(5-1)23(27-13-3-4-14-27)17-22(25-21)18-7-9-19(10-8-18)26-15-11-24-12-16-26/h1-2,5-10,17,22,24-25H,3-4,11-16H2. The highest BCUT2D eigenvalue weighted by molar-refractivity contribution is 5.79. The molecule has 0 radical (unpaired) electrons. The van der Waals surface area contributed by atoms with E-state index in [1.807, 2.05) is 0 Å². The predicted molar refractivity (Wildman–Crippen MR) is 113 cm³/mol. The van der Waals surface area contributed by atoms with Crippen molar-refractivity contribution < 1.29 is 0 Å². The molecule has 2 fully saturated rings. The highest BCUT2D eigenvalue weighted by Gasteiger charge is 2.25. The quantitative estimate of drug-likeness (QED) is 0.874. The summed E-state index contributed by atoms with van der Waals surface area (Å²) in [6.45, 7) is 6.68. The van der Waals surface area contributed by atoms with Gasteiger partial charge < -0.3 is 20.4 Å². The molecule has 0 aromatic heterocycles. The van der Waals surface area contributed by atoms with Gasteiger partial charge in [0.1, 0.15) is 0 Å². The first kappa shape index (κ1) is 16.7. The van der Waals surface area contributed by atoms with Gasteiger partial charge >= 0.3 is 0 Å². The van der Waals surface area contributed by atoms with E-state index in [1.54, 1.807) is 0 Å². The van der Waals surface area contributed by atoms with Gasteiger partial charge in [-0.2, -0.15) is 0 Å². The molecule has 1 unspecified atom stereocenters. The number of anilines is 2. The number of likely N-dealkylation sites (tertiary alicyclic amines) is 1. The number of benzene rings is 2. The van der Waals surface area contributed by atoms with E-state index in [-0.39, 0.29) is 6.04 Å². The van der Waals surface area contributed by atoms with E-state index in [0.717, 1.165) is 26.2 Å². The van der Waals surface area contributed by atoms with Crippen molar-refractivity contribution in [3.8, 4) is 0 Å². The Kier molecular flexibility index (Phi) is 4.50. The van der Waals surface area contributed by atoms with Gasteiger partial charge in [-0.3, -0.25) is 0 Å². The minimum absolute atomic E-state index is 0.229. The van der Waals surface area contributed by atoms with Crippen LogP contribution >= 0.6 is 0 Å². The van der Waals surface area contributed by atoms with E-state index in [1.165, 1.54) is 54.1 Å². The molecular formula is C23H28N4. The monoisotopic (exact) mass is 360 g/mol. The van der Waals surface area contributed by atoms with Crippen molar-refractivity contribution in [2.75, 3.05) is 49.5 Å². The Hall–Kier alpha value is -2.46. The highest BCUT2D eigenvalue weighted by atomic mass is 15.2. The molecule has 4 nitrogen and oxygen atoms in total. The average Bonchev–Trinajstić information content (AvgIpc) is 3.28. The van der Waals surface area contributed by atoms with Gasteiger partial charge in [0.25, 0.3) is 0 Å². The number of nitrogens with one attached hydrogen (secondary N) is 2. The summed E-state index contributed by atoms with van der Waals surface area (Å²) in [6.07, 6.45) is 5.03. The molecule has 2 saturated heterocycles. The number of rotatable bonds is 3. The Bertz CT molecular complexity index is 815. The number of piperazine rings is 1. The van der Waals surface area contributed by atoms with Crippen LogP contribution in [-0.4, -0.2) is 44.2 Å². The van der Waals surface area contributed by atoms with Crippen LogP contribution in [0.1, 0.15) is 30.0 Å². The van der Waals surface area contributed by atoms with Crippen LogP contribution in [0, 0.1) is 0 Å². The first-order valence-corrected chi connectivity index (χ1v) is 10.3. The molecule has 3 aliphatic heterocycles. The first-order chi connectivity index (χ1) is 13.4. The largest absolute Gasteiger partial charge is 0.374 e. The van der Waals surface area contributed by atoms with Crippen LogP contribution in [0.25, 0.3) is 5.70 Å². The van der Waals surface area contributed by atoms with Gasteiger partial charge in [0.2, 0.25) is 0 Å². The molecule has 2 N–H and O–H groups in total. The van der Waals surface area contributed by atoms with Gasteiger partial charge in [-0.05, 0) is 42.7 Å². The Morgan fingerprint density at radius 1 is 0.778 bits per heavy atom. The molecule has 5 rings (SSSR count). The average molecular weight is 361 g/mol. The SMILES string of the molecule is C1=C(N2CCCC2)c2ccccc2NC1c1ccc(N2CCNCC2)cc1. The van der Waals surface area contributed by atoms with Crippen molar-refractivity contribution in [3.05, 3.63) is 65.7 Å². The molecule has 2 aromatic carbocycles. The van der Waals surface area contributed by atoms with E-state index in [9.17, 15) is 0 Å². The third-order valence-electron chi connectivity index (χ3n) is 6.02. The Morgan fingerprint density at radius 2 is 1.52 bits per heavy atom. The molecular weight excluding hydrogens is 332 g/mol. The first-order valence-electron chi connectivity index (χ1n) is 10.3. The van der Waals surface area contributed by atoms with Gasteiger partial charge in [-0.15, -0.1) is 0 Å². The van der Waals surface area contributed by atoms with Gasteiger partial charge in [-0.25, -0.2) is 0 Å². The molecule has 0 spiro atoms. The lowest BCUT2D eigenvalue weighted by atomic mass is 9.96. The van der Waals surface area contributed by atoms with Gasteiger partial charge in [-0.1, -0.05) is 30.3 Å². The summed E-state index contributed by atoms with van der Waals surface area (Å²) in [5.41, 5.74) is 6.66. The van der Waals surface area contributed by atoms with Gasteiger partial charge in [0.05, 0.1) is 6.04 Å². The molecule has 0 bridgehead atoms. The second kappa shape index (κ2) is 7.28. The van der Waals surface area contributed by atoms with Crippen LogP contribution in [-0.2, 0) is 0 Å². The van der Waals surface area contributed by atoms with Crippen LogP contribution in [0.2, 0.25) is 0 Å².